The maximum Gasteiger partial charge on any atom is 0.329 e. The molecule has 2 rings (SSSR count). The number of hydrogen-bond acceptors (Lipinski definition) is 3. The summed E-state index contributed by atoms with van der Waals surface area (Å²) < 4.78 is 0. The van der Waals surface area contributed by atoms with Gasteiger partial charge in [0.05, 0.1) is 5.92 Å². The summed E-state index contributed by atoms with van der Waals surface area (Å²) in [5.41, 5.74) is 0.904. The Balaban J connectivity index is 2.24. The second-order valence-electron chi connectivity index (χ2n) is 5.47. The molecular weight excluding hydrogens is 268 g/mol. The van der Waals surface area contributed by atoms with Crippen molar-refractivity contribution in [3.63, 3.8) is 0 Å². The number of carbonyl (C=O) groups is 2. The van der Waals surface area contributed by atoms with Gasteiger partial charge in [0.2, 0.25) is 5.91 Å². The Morgan fingerprint density at radius 1 is 1.33 bits per heavy atom. The lowest BCUT2D eigenvalue weighted by molar-refractivity contribution is -0.148. The fourth-order valence-corrected chi connectivity index (χ4v) is 2.84. The highest BCUT2D eigenvalue weighted by Crippen LogP contribution is 2.25. The van der Waals surface area contributed by atoms with Crippen molar-refractivity contribution < 1.29 is 14.7 Å². The summed E-state index contributed by atoms with van der Waals surface area (Å²) in [4.78, 5) is 24.1. The van der Waals surface area contributed by atoms with Crippen LogP contribution in [-0.2, 0) is 16.1 Å². The normalized spacial score (nSPS) is 17.9. The van der Waals surface area contributed by atoms with E-state index in [4.69, 9.17) is 0 Å². The molecule has 1 aliphatic heterocycles. The molecule has 0 spiro atoms. The van der Waals surface area contributed by atoms with Crippen LogP contribution in [0, 0.1) is 0 Å². The predicted octanol–water partition coefficient (Wildman–Crippen LogP) is 1.63. The van der Waals surface area contributed by atoms with Gasteiger partial charge in [-0.05, 0) is 24.0 Å². The molecule has 1 aliphatic rings. The molecule has 1 atom stereocenters. The van der Waals surface area contributed by atoms with Crippen molar-refractivity contribution in [2.75, 3.05) is 6.54 Å². The van der Waals surface area contributed by atoms with Gasteiger partial charge in [-0.1, -0.05) is 38.1 Å². The lowest BCUT2D eigenvalue weighted by Gasteiger charge is -2.32. The number of carboxylic acid groups (broad SMARTS) is 1. The Kier molecular flexibility index (Phi) is 4.63. The SMILES string of the molecule is CCC(CC)(NC(=O)C1CNCc2ccccc21)C(=O)O. The van der Waals surface area contributed by atoms with Crippen LogP contribution in [-0.4, -0.2) is 29.1 Å². The maximum atomic E-state index is 12.6. The Morgan fingerprint density at radius 3 is 2.62 bits per heavy atom. The minimum atomic E-state index is -1.18. The van der Waals surface area contributed by atoms with Gasteiger partial charge < -0.3 is 15.7 Å². The molecule has 0 aromatic heterocycles. The molecule has 3 N–H and O–H groups in total. The molecule has 1 aromatic rings. The molecule has 0 saturated heterocycles. The van der Waals surface area contributed by atoms with E-state index < -0.39 is 11.5 Å². The molecule has 5 nitrogen and oxygen atoms in total. The van der Waals surface area contributed by atoms with Crippen LogP contribution in [0.2, 0.25) is 0 Å². The molecule has 21 heavy (non-hydrogen) atoms. The molecule has 0 radical (unpaired) electrons. The molecule has 1 heterocycles. The molecule has 0 aliphatic carbocycles. The molecule has 114 valence electrons. The first-order valence-electron chi connectivity index (χ1n) is 7.38. The van der Waals surface area contributed by atoms with Crippen LogP contribution in [0.1, 0.15) is 43.7 Å². The van der Waals surface area contributed by atoms with Crippen LogP contribution in [0.25, 0.3) is 0 Å². The Morgan fingerprint density at radius 2 is 2.00 bits per heavy atom. The van der Waals surface area contributed by atoms with E-state index in [-0.39, 0.29) is 11.8 Å². The van der Waals surface area contributed by atoms with Crippen molar-refractivity contribution in [3.8, 4) is 0 Å². The molecule has 0 bridgehead atoms. The van der Waals surface area contributed by atoms with Gasteiger partial charge in [-0.15, -0.1) is 0 Å². The molecular formula is C16H22N2O3. The van der Waals surface area contributed by atoms with Gasteiger partial charge in [0.1, 0.15) is 5.54 Å². The highest BCUT2D eigenvalue weighted by molar-refractivity contribution is 5.91. The second kappa shape index (κ2) is 6.26. The monoisotopic (exact) mass is 290 g/mol. The van der Waals surface area contributed by atoms with Gasteiger partial charge in [0, 0.05) is 13.1 Å². The van der Waals surface area contributed by atoms with Crippen LogP contribution >= 0.6 is 0 Å². The van der Waals surface area contributed by atoms with E-state index in [0.717, 1.165) is 17.7 Å². The fourth-order valence-electron chi connectivity index (χ4n) is 2.84. The van der Waals surface area contributed by atoms with Crippen molar-refractivity contribution in [1.82, 2.24) is 10.6 Å². The average Bonchev–Trinajstić information content (AvgIpc) is 2.51. The van der Waals surface area contributed by atoms with E-state index in [1.807, 2.05) is 24.3 Å². The lowest BCUT2D eigenvalue weighted by Crippen LogP contribution is -2.56. The first kappa shape index (κ1) is 15.5. The summed E-state index contributed by atoms with van der Waals surface area (Å²) in [6.45, 7) is 4.84. The summed E-state index contributed by atoms with van der Waals surface area (Å²) in [7, 11) is 0. The van der Waals surface area contributed by atoms with E-state index >= 15 is 0 Å². The summed E-state index contributed by atoms with van der Waals surface area (Å²) in [5, 5.41) is 15.4. The Hall–Kier alpha value is -1.88. The van der Waals surface area contributed by atoms with Crippen molar-refractivity contribution in [1.29, 1.82) is 0 Å². The highest BCUT2D eigenvalue weighted by Gasteiger charge is 2.39. The molecule has 5 heteroatoms. The maximum absolute atomic E-state index is 12.6. The third-order valence-electron chi connectivity index (χ3n) is 4.39. The molecule has 1 amide bonds. The van der Waals surface area contributed by atoms with Gasteiger partial charge >= 0.3 is 5.97 Å². The van der Waals surface area contributed by atoms with Crippen molar-refractivity contribution in [3.05, 3.63) is 35.4 Å². The molecule has 0 fully saturated rings. The van der Waals surface area contributed by atoms with E-state index in [1.165, 1.54) is 0 Å². The minimum absolute atomic E-state index is 0.222. The van der Waals surface area contributed by atoms with Crippen molar-refractivity contribution in [2.24, 2.45) is 0 Å². The number of carbonyl (C=O) groups excluding carboxylic acids is 1. The van der Waals surface area contributed by atoms with E-state index in [1.54, 1.807) is 13.8 Å². The number of carboxylic acids is 1. The second-order valence-corrected chi connectivity index (χ2v) is 5.47. The van der Waals surface area contributed by atoms with Gasteiger partial charge in [0.15, 0.2) is 0 Å². The number of amides is 1. The number of benzene rings is 1. The number of hydrogen-bond donors (Lipinski definition) is 3. The van der Waals surface area contributed by atoms with Crippen molar-refractivity contribution >= 4 is 11.9 Å². The first-order chi connectivity index (χ1) is 10.0. The lowest BCUT2D eigenvalue weighted by atomic mass is 9.87. The highest BCUT2D eigenvalue weighted by atomic mass is 16.4. The zero-order chi connectivity index (χ0) is 15.5. The summed E-state index contributed by atoms with van der Waals surface area (Å²) in [5.74, 6) is -1.54. The minimum Gasteiger partial charge on any atom is -0.480 e. The number of aliphatic carboxylic acids is 1. The Bertz CT molecular complexity index is 538. The van der Waals surface area contributed by atoms with E-state index in [2.05, 4.69) is 10.6 Å². The molecule has 1 aromatic carbocycles. The standard InChI is InChI=1S/C16H22N2O3/c1-3-16(4-2,15(20)21)18-14(19)13-10-17-9-11-7-5-6-8-12(11)13/h5-8,13,17H,3-4,9-10H2,1-2H3,(H,18,19)(H,20,21). The molecule has 0 saturated carbocycles. The number of rotatable bonds is 5. The van der Waals surface area contributed by atoms with Gasteiger partial charge in [-0.25, -0.2) is 4.79 Å². The van der Waals surface area contributed by atoms with Crippen molar-refractivity contribution in [2.45, 2.75) is 44.7 Å². The van der Waals surface area contributed by atoms with Gasteiger partial charge in [-0.2, -0.15) is 0 Å². The summed E-state index contributed by atoms with van der Waals surface area (Å²) in [6.07, 6.45) is 0.735. The predicted molar refractivity (Wildman–Crippen MR) is 80.0 cm³/mol. The summed E-state index contributed by atoms with van der Waals surface area (Å²) >= 11 is 0. The van der Waals surface area contributed by atoms with E-state index in [9.17, 15) is 14.7 Å². The van der Waals surface area contributed by atoms with E-state index in [0.29, 0.717) is 19.4 Å². The van der Waals surface area contributed by atoms with Crippen LogP contribution in [0.3, 0.4) is 0 Å². The van der Waals surface area contributed by atoms with Gasteiger partial charge in [-0.3, -0.25) is 4.79 Å². The largest absolute Gasteiger partial charge is 0.480 e. The molecule has 1 unspecified atom stereocenters. The average molecular weight is 290 g/mol. The zero-order valence-corrected chi connectivity index (χ0v) is 12.5. The number of fused-ring (bicyclic) bond motifs is 1. The number of nitrogens with one attached hydrogen (secondary N) is 2. The smallest absolute Gasteiger partial charge is 0.329 e. The Labute approximate surface area is 124 Å². The van der Waals surface area contributed by atoms with Gasteiger partial charge in [0.25, 0.3) is 0 Å². The summed E-state index contributed by atoms with van der Waals surface area (Å²) in [6, 6.07) is 7.79. The third-order valence-corrected chi connectivity index (χ3v) is 4.39. The topological polar surface area (TPSA) is 78.4 Å². The zero-order valence-electron chi connectivity index (χ0n) is 12.5. The van der Waals surface area contributed by atoms with Crippen LogP contribution in [0.5, 0.6) is 0 Å². The third kappa shape index (κ3) is 2.93. The van der Waals surface area contributed by atoms with Crippen LogP contribution in [0.4, 0.5) is 0 Å². The first-order valence-corrected chi connectivity index (χ1v) is 7.38. The van der Waals surface area contributed by atoms with Crippen LogP contribution in [0.15, 0.2) is 24.3 Å². The van der Waals surface area contributed by atoms with Crippen LogP contribution < -0.4 is 10.6 Å². The fraction of sp³-hybridized carbons (Fsp3) is 0.500. The quantitative estimate of drug-likeness (QED) is 0.770.